The maximum absolute atomic E-state index is 6.68. The average molecular weight is 654 g/mol. The summed E-state index contributed by atoms with van der Waals surface area (Å²) in [6.45, 7) is 0. The second-order valence-corrected chi connectivity index (χ2v) is 13.0. The summed E-state index contributed by atoms with van der Waals surface area (Å²) in [5.74, 6) is 1.45. The fourth-order valence-corrected chi connectivity index (χ4v) is 7.39. The molecule has 0 fully saturated rings. The summed E-state index contributed by atoms with van der Waals surface area (Å²) in [7, 11) is 0. The smallest absolute Gasteiger partial charge is 0.159 e. The molecule has 1 unspecified atom stereocenters. The first-order chi connectivity index (χ1) is 25.3. The molecule has 1 aliphatic heterocycles. The van der Waals surface area contributed by atoms with Crippen molar-refractivity contribution in [1.82, 2.24) is 5.32 Å². The van der Waals surface area contributed by atoms with Crippen LogP contribution in [0.3, 0.4) is 0 Å². The molecule has 1 N–H and O–H groups in total. The van der Waals surface area contributed by atoms with Gasteiger partial charge >= 0.3 is 0 Å². The zero-order chi connectivity index (χ0) is 33.7. The van der Waals surface area contributed by atoms with Crippen molar-refractivity contribution in [1.29, 1.82) is 0 Å². The van der Waals surface area contributed by atoms with Gasteiger partial charge in [-0.1, -0.05) is 152 Å². The number of aliphatic imine (C=N–C) groups is 2. The lowest BCUT2D eigenvalue weighted by Crippen LogP contribution is -2.33. The number of amidine groups is 2. The Morgan fingerprint density at radius 1 is 0.471 bits per heavy atom. The van der Waals surface area contributed by atoms with Crippen molar-refractivity contribution in [3.8, 4) is 22.3 Å². The molecular weight excluding hydrogens is 623 g/mol. The lowest BCUT2D eigenvalue weighted by molar-refractivity contribution is 0.668. The minimum absolute atomic E-state index is 0.324. The lowest BCUT2D eigenvalue weighted by Gasteiger charge is -2.24. The van der Waals surface area contributed by atoms with E-state index >= 15 is 0 Å². The summed E-state index contributed by atoms with van der Waals surface area (Å²) in [5, 5.41) is 10.6. The number of para-hydroxylation sites is 1. The monoisotopic (exact) mass is 653 g/mol. The molecule has 0 saturated heterocycles. The molecule has 0 saturated carbocycles. The molecule has 1 aliphatic rings. The number of hydrogen-bond donors (Lipinski definition) is 1. The first-order valence-electron chi connectivity index (χ1n) is 17.3. The van der Waals surface area contributed by atoms with E-state index in [2.05, 4.69) is 157 Å². The highest BCUT2D eigenvalue weighted by atomic mass is 16.3. The van der Waals surface area contributed by atoms with Crippen molar-refractivity contribution in [3.05, 3.63) is 193 Å². The van der Waals surface area contributed by atoms with Crippen LogP contribution in [0.25, 0.3) is 65.7 Å². The van der Waals surface area contributed by atoms with Gasteiger partial charge < -0.3 is 9.73 Å². The van der Waals surface area contributed by atoms with Crippen LogP contribution in [0.15, 0.2) is 190 Å². The van der Waals surface area contributed by atoms with E-state index in [1.807, 2.05) is 24.3 Å². The number of furan rings is 1. The van der Waals surface area contributed by atoms with Gasteiger partial charge in [0.25, 0.3) is 0 Å². The van der Waals surface area contributed by atoms with Gasteiger partial charge in [-0.25, -0.2) is 9.98 Å². The fourth-order valence-electron chi connectivity index (χ4n) is 7.39. The van der Waals surface area contributed by atoms with Crippen LogP contribution >= 0.6 is 0 Å². The highest BCUT2D eigenvalue weighted by Crippen LogP contribution is 2.39. The van der Waals surface area contributed by atoms with E-state index in [4.69, 9.17) is 14.4 Å². The standard InChI is InChI=1S/C47H31N3O/c1-3-11-30(12-4-1)31-19-21-33(22-20-31)38-27-28-40(43-39-17-9-10-18-42(39)51-44(38)43)47-49-45(35-14-5-2-6-15-35)48-46(50-47)36-26-25-34-24-23-32-13-7-8-16-37(32)41(34)29-36/h1-29,45H,(H,48,49,50). The van der Waals surface area contributed by atoms with Gasteiger partial charge in [0.1, 0.15) is 23.2 Å². The van der Waals surface area contributed by atoms with Crippen LogP contribution in [0, 0.1) is 0 Å². The van der Waals surface area contributed by atoms with Crippen molar-refractivity contribution in [2.75, 3.05) is 0 Å². The normalized spacial score (nSPS) is 14.5. The highest BCUT2D eigenvalue weighted by molar-refractivity contribution is 6.24. The number of benzene rings is 8. The van der Waals surface area contributed by atoms with Crippen molar-refractivity contribution < 1.29 is 4.42 Å². The average Bonchev–Trinajstić information content (AvgIpc) is 3.61. The highest BCUT2D eigenvalue weighted by Gasteiger charge is 2.25. The molecule has 0 bridgehead atoms. The lowest BCUT2D eigenvalue weighted by atomic mass is 9.96. The Hall–Kier alpha value is -6.78. The van der Waals surface area contributed by atoms with Crippen molar-refractivity contribution in [2.24, 2.45) is 9.98 Å². The first kappa shape index (κ1) is 29.2. The van der Waals surface area contributed by atoms with Crippen LogP contribution in [0.2, 0.25) is 0 Å². The van der Waals surface area contributed by atoms with Gasteiger partial charge in [0.05, 0.1) is 0 Å². The van der Waals surface area contributed by atoms with E-state index < -0.39 is 0 Å². The molecule has 0 aliphatic carbocycles. The molecule has 1 aromatic heterocycles. The molecule has 240 valence electrons. The van der Waals surface area contributed by atoms with Gasteiger partial charge in [-0.3, -0.25) is 0 Å². The summed E-state index contributed by atoms with van der Waals surface area (Å²) >= 11 is 0. The molecule has 2 heterocycles. The molecular formula is C47H31N3O. The van der Waals surface area contributed by atoms with Crippen molar-refractivity contribution >= 4 is 55.2 Å². The molecule has 0 spiro atoms. The van der Waals surface area contributed by atoms with Gasteiger partial charge in [-0.05, 0) is 68.1 Å². The largest absolute Gasteiger partial charge is 0.455 e. The van der Waals surface area contributed by atoms with Crippen LogP contribution in [0.5, 0.6) is 0 Å². The third-order valence-electron chi connectivity index (χ3n) is 9.95. The number of nitrogens with zero attached hydrogens (tertiary/aromatic N) is 2. The summed E-state index contributed by atoms with van der Waals surface area (Å²) in [5.41, 5.74) is 9.19. The third-order valence-corrected chi connectivity index (χ3v) is 9.95. The SMILES string of the molecule is c1ccc(-c2ccc(-c3ccc(C4=NC(c5ccc6ccc7ccccc7c6c5)=NC(c5ccccc5)N4)c4c3oc3ccccc34)cc2)cc1. The number of rotatable bonds is 5. The van der Waals surface area contributed by atoms with Gasteiger partial charge in [0.2, 0.25) is 0 Å². The molecule has 10 rings (SSSR count). The Morgan fingerprint density at radius 3 is 1.90 bits per heavy atom. The quantitative estimate of drug-likeness (QED) is 0.188. The maximum atomic E-state index is 6.68. The first-order valence-corrected chi connectivity index (χ1v) is 17.3. The second kappa shape index (κ2) is 12.0. The van der Waals surface area contributed by atoms with E-state index in [1.165, 1.54) is 32.7 Å². The Labute approximate surface area is 295 Å². The number of fused-ring (bicyclic) bond motifs is 6. The molecule has 4 heteroatoms. The summed E-state index contributed by atoms with van der Waals surface area (Å²) in [6.07, 6.45) is -0.324. The Kier molecular flexibility index (Phi) is 6.85. The maximum Gasteiger partial charge on any atom is 0.159 e. The Balaban J connectivity index is 1.15. The van der Waals surface area contributed by atoms with E-state index in [0.29, 0.717) is 5.84 Å². The van der Waals surface area contributed by atoms with Crippen LogP contribution in [0.4, 0.5) is 0 Å². The van der Waals surface area contributed by atoms with Crippen LogP contribution in [-0.4, -0.2) is 11.7 Å². The molecule has 0 amide bonds. The van der Waals surface area contributed by atoms with Gasteiger partial charge in [0.15, 0.2) is 5.84 Å². The predicted molar refractivity (Wildman–Crippen MR) is 211 cm³/mol. The molecule has 51 heavy (non-hydrogen) atoms. The van der Waals surface area contributed by atoms with Crippen LogP contribution < -0.4 is 5.32 Å². The minimum atomic E-state index is -0.324. The number of hydrogen-bond acceptors (Lipinski definition) is 4. The van der Waals surface area contributed by atoms with Crippen molar-refractivity contribution in [3.63, 3.8) is 0 Å². The molecule has 9 aromatic rings. The predicted octanol–water partition coefficient (Wildman–Crippen LogP) is 11.7. The van der Waals surface area contributed by atoms with Gasteiger partial charge in [-0.15, -0.1) is 0 Å². The molecule has 4 nitrogen and oxygen atoms in total. The van der Waals surface area contributed by atoms with Gasteiger partial charge in [0, 0.05) is 27.5 Å². The fraction of sp³-hybridized carbons (Fsp3) is 0.0213. The summed E-state index contributed by atoms with van der Waals surface area (Å²) in [6, 6.07) is 61.6. The van der Waals surface area contributed by atoms with E-state index in [-0.39, 0.29) is 6.17 Å². The van der Waals surface area contributed by atoms with Gasteiger partial charge in [-0.2, -0.15) is 0 Å². The van der Waals surface area contributed by atoms with Crippen molar-refractivity contribution in [2.45, 2.75) is 6.17 Å². The number of nitrogens with one attached hydrogen (secondary N) is 1. The van der Waals surface area contributed by atoms with Crippen LogP contribution in [-0.2, 0) is 0 Å². The molecule has 1 atom stereocenters. The zero-order valence-corrected chi connectivity index (χ0v) is 27.6. The Bertz CT molecular complexity index is 2820. The molecule has 8 aromatic carbocycles. The summed E-state index contributed by atoms with van der Waals surface area (Å²) < 4.78 is 6.68. The molecule has 0 radical (unpaired) electrons. The topological polar surface area (TPSA) is 49.9 Å². The van der Waals surface area contributed by atoms with E-state index in [1.54, 1.807) is 0 Å². The summed E-state index contributed by atoms with van der Waals surface area (Å²) in [4.78, 5) is 10.5. The second-order valence-electron chi connectivity index (χ2n) is 13.0. The third kappa shape index (κ3) is 5.08. The van der Waals surface area contributed by atoms with E-state index in [9.17, 15) is 0 Å². The zero-order valence-electron chi connectivity index (χ0n) is 27.6. The minimum Gasteiger partial charge on any atom is -0.455 e. The van der Waals surface area contributed by atoms with Crippen LogP contribution in [0.1, 0.15) is 22.9 Å². The van der Waals surface area contributed by atoms with E-state index in [0.717, 1.165) is 55.6 Å². The Morgan fingerprint density at radius 2 is 1.08 bits per heavy atom.